The maximum absolute atomic E-state index is 10.6. The largest absolute Gasteiger partial charge is 0.481 e. The number of ether oxygens (including phenoxy) is 1. The van der Waals surface area contributed by atoms with E-state index in [4.69, 9.17) is 9.84 Å². The van der Waals surface area contributed by atoms with Crippen LogP contribution in [0.15, 0.2) is 5.03 Å². The number of aromatic nitrogens is 3. The van der Waals surface area contributed by atoms with Crippen LogP contribution in [0.1, 0.15) is 11.4 Å². The SMILES string of the molecule is COc1nc(C)nc2[nH]c(SCC(=O)O)c(C#N)c12. The Kier molecular flexibility index (Phi) is 3.57. The summed E-state index contributed by atoms with van der Waals surface area (Å²) < 4.78 is 5.14. The second-order valence-corrected chi connectivity index (χ2v) is 4.61. The van der Waals surface area contributed by atoms with Gasteiger partial charge in [-0.25, -0.2) is 4.98 Å². The van der Waals surface area contributed by atoms with Gasteiger partial charge >= 0.3 is 5.97 Å². The molecule has 0 aromatic carbocycles. The van der Waals surface area contributed by atoms with Crippen LogP contribution in [0.2, 0.25) is 0 Å². The molecular formula is C11H10N4O3S. The summed E-state index contributed by atoms with van der Waals surface area (Å²) in [4.78, 5) is 21.8. The molecule has 2 aromatic rings. The van der Waals surface area contributed by atoms with Gasteiger partial charge in [-0.05, 0) is 6.92 Å². The summed E-state index contributed by atoms with van der Waals surface area (Å²) in [7, 11) is 1.46. The predicted octanol–water partition coefficient (Wildman–Crippen LogP) is 1.32. The lowest BCUT2D eigenvalue weighted by Crippen LogP contribution is -1.97. The van der Waals surface area contributed by atoms with Crippen LogP contribution in [-0.2, 0) is 4.79 Å². The van der Waals surface area contributed by atoms with Gasteiger partial charge < -0.3 is 14.8 Å². The Bertz CT molecular complexity index is 689. The lowest BCUT2D eigenvalue weighted by molar-refractivity contribution is -0.133. The molecule has 2 aromatic heterocycles. The number of H-pyrrole nitrogens is 1. The smallest absolute Gasteiger partial charge is 0.313 e. The number of nitrogens with one attached hydrogen (secondary N) is 1. The number of carboxylic acids is 1. The summed E-state index contributed by atoms with van der Waals surface area (Å²) >= 11 is 1.03. The molecule has 2 N–H and O–H groups in total. The normalized spacial score (nSPS) is 10.4. The third-order valence-electron chi connectivity index (χ3n) is 2.34. The fraction of sp³-hybridized carbons (Fsp3) is 0.273. The highest BCUT2D eigenvalue weighted by Crippen LogP contribution is 2.33. The zero-order valence-electron chi connectivity index (χ0n) is 10.2. The number of rotatable bonds is 4. The van der Waals surface area contributed by atoms with Crippen LogP contribution in [-0.4, -0.2) is 38.9 Å². The van der Waals surface area contributed by atoms with Crippen LogP contribution in [0.5, 0.6) is 5.88 Å². The highest BCUT2D eigenvalue weighted by atomic mass is 32.2. The van der Waals surface area contributed by atoms with Crippen molar-refractivity contribution >= 4 is 28.8 Å². The van der Waals surface area contributed by atoms with E-state index >= 15 is 0 Å². The summed E-state index contributed by atoms with van der Waals surface area (Å²) in [6, 6.07) is 2.03. The minimum atomic E-state index is -0.957. The quantitative estimate of drug-likeness (QED) is 0.811. The fourth-order valence-corrected chi connectivity index (χ4v) is 2.37. The summed E-state index contributed by atoms with van der Waals surface area (Å²) in [5.41, 5.74) is 0.770. The molecule has 0 aliphatic carbocycles. The second-order valence-electron chi connectivity index (χ2n) is 3.63. The molecule has 2 heterocycles. The monoisotopic (exact) mass is 278 g/mol. The molecule has 0 amide bonds. The molecule has 0 saturated carbocycles. The maximum atomic E-state index is 10.6. The Morgan fingerprint density at radius 3 is 2.89 bits per heavy atom. The van der Waals surface area contributed by atoms with Crippen LogP contribution < -0.4 is 4.74 Å². The van der Waals surface area contributed by atoms with Crippen molar-refractivity contribution in [1.29, 1.82) is 5.26 Å². The first-order valence-corrected chi connectivity index (χ1v) is 6.24. The van der Waals surface area contributed by atoms with E-state index in [9.17, 15) is 10.1 Å². The molecule has 8 heteroatoms. The van der Waals surface area contributed by atoms with Gasteiger partial charge in [0.15, 0.2) is 0 Å². The average Bonchev–Trinajstić information content (AvgIpc) is 2.72. The Hall–Kier alpha value is -2.27. The standard InChI is InChI=1S/C11H10N4O3S/c1-5-13-9-8(10(14-5)18-2)6(3-12)11(15-9)19-4-7(16)17/h4H2,1-2H3,(H,16,17)(H,13,14,15). The molecular weight excluding hydrogens is 268 g/mol. The second kappa shape index (κ2) is 5.16. The molecule has 0 spiro atoms. The maximum Gasteiger partial charge on any atom is 0.313 e. The average molecular weight is 278 g/mol. The molecule has 0 radical (unpaired) electrons. The van der Waals surface area contributed by atoms with E-state index in [-0.39, 0.29) is 5.75 Å². The molecule has 0 unspecified atom stereocenters. The number of carbonyl (C=O) groups is 1. The Balaban J connectivity index is 2.61. The fourth-order valence-electron chi connectivity index (χ4n) is 1.64. The van der Waals surface area contributed by atoms with Gasteiger partial charge in [0.05, 0.1) is 28.8 Å². The van der Waals surface area contributed by atoms with Crippen LogP contribution in [0.25, 0.3) is 11.0 Å². The minimum absolute atomic E-state index is 0.143. The topological polar surface area (TPSA) is 112 Å². The molecule has 0 fully saturated rings. The minimum Gasteiger partial charge on any atom is -0.481 e. The van der Waals surface area contributed by atoms with Gasteiger partial charge in [0, 0.05) is 0 Å². The Labute approximate surface area is 112 Å². The zero-order chi connectivity index (χ0) is 14.0. The molecule has 98 valence electrons. The van der Waals surface area contributed by atoms with Gasteiger partial charge in [0.2, 0.25) is 5.88 Å². The summed E-state index contributed by atoms with van der Waals surface area (Å²) in [6.07, 6.45) is 0. The van der Waals surface area contributed by atoms with E-state index in [2.05, 4.69) is 15.0 Å². The number of hydrogen-bond acceptors (Lipinski definition) is 6. The van der Waals surface area contributed by atoms with Crippen molar-refractivity contribution in [2.24, 2.45) is 0 Å². The van der Waals surface area contributed by atoms with Gasteiger partial charge in [-0.2, -0.15) is 10.2 Å². The summed E-state index contributed by atoms with van der Waals surface area (Å²) in [5.74, 6) is -0.292. The number of nitrogens with zero attached hydrogens (tertiary/aromatic N) is 3. The van der Waals surface area contributed by atoms with Crippen LogP contribution in [0, 0.1) is 18.3 Å². The third kappa shape index (κ3) is 2.46. The van der Waals surface area contributed by atoms with E-state index in [1.54, 1.807) is 6.92 Å². The first-order valence-electron chi connectivity index (χ1n) is 5.25. The van der Waals surface area contributed by atoms with E-state index in [1.165, 1.54) is 7.11 Å². The van der Waals surface area contributed by atoms with Crippen molar-refractivity contribution in [3.8, 4) is 11.9 Å². The first kappa shape index (κ1) is 13.2. The Morgan fingerprint density at radius 1 is 1.58 bits per heavy atom. The Morgan fingerprint density at radius 2 is 2.32 bits per heavy atom. The van der Waals surface area contributed by atoms with Gasteiger partial charge in [-0.1, -0.05) is 11.8 Å². The van der Waals surface area contributed by atoms with Gasteiger partial charge in [-0.15, -0.1) is 0 Å². The van der Waals surface area contributed by atoms with Crippen molar-refractivity contribution < 1.29 is 14.6 Å². The lowest BCUT2D eigenvalue weighted by atomic mass is 10.2. The molecule has 0 bridgehead atoms. The highest BCUT2D eigenvalue weighted by Gasteiger charge is 2.19. The molecule has 7 nitrogen and oxygen atoms in total. The first-order chi connectivity index (χ1) is 9.06. The number of nitriles is 1. The van der Waals surface area contributed by atoms with Crippen molar-refractivity contribution in [3.63, 3.8) is 0 Å². The van der Waals surface area contributed by atoms with E-state index in [0.717, 1.165) is 11.8 Å². The molecule has 0 aliphatic heterocycles. The molecule has 19 heavy (non-hydrogen) atoms. The number of aryl methyl sites for hydroxylation is 1. The van der Waals surface area contributed by atoms with Crippen LogP contribution in [0.4, 0.5) is 0 Å². The molecule has 0 aliphatic rings. The van der Waals surface area contributed by atoms with Crippen molar-refractivity contribution in [2.75, 3.05) is 12.9 Å². The number of aromatic amines is 1. The molecule has 0 saturated heterocycles. The number of thioether (sulfide) groups is 1. The zero-order valence-corrected chi connectivity index (χ0v) is 11.0. The van der Waals surface area contributed by atoms with Gasteiger partial charge in [-0.3, -0.25) is 4.79 Å². The van der Waals surface area contributed by atoms with Gasteiger partial charge in [0.1, 0.15) is 17.5 Å². The van der Waals surface area contributed by atoms with Gasteiger partial charge in [0.25, 0.3) is 0 Å². The highest BCUT2D eigenvalue weighted by molar-refractivity contribution is 8.00. The summed E-state index contributed by atoms with van der Waals surface area (Å²) in [5, 5.41) is 18.8. The van der Waals surface area contributed by atoms with Crippen molar-refractivity contribution in [3.05, 3.63) is 11.4 Å². The number of fused-ring (bicyclic) bond motifs is 1. The number of aliphatic carboxylic acids is 1. The van der Waals surface area contributed by atoms with E-state index < -0.39 is 5.97 Å². The van der Waals surface area contributed by atoms with Crippen LogP contribution >= 0.6 is 11.8 Å². The number of carboxylic acid groups (broad SMARTS) is 1. The number of methoxy groups -OCH3 is 1. The van der Waals surface area contributed by atoms with Crippen molar-refractivity contribution in [2.45, 2.75) is 11.9 Å². The van der Waals surface area contributed by atoms with Crippen molar-refractivity contribution in [1.82, 2.24) is 15.0 Å². The van der Waals surface area contributed by atoms with E-state index in [1.807, 2.05) is 6.07 Å². The van der Waals surface area contributed by atoms with Crippen LogP contribution in [0.3, 0.4) is 0 Å². The summed E-state index contributed by atoms with van der Waals surface area (Å²) in [6.45, 7) is 1.71. The van der Waals surface area contributed by atoms with E-state index in [0.29, 0.717) is 33.3 Å². The molecule has 0 atom stereocenters. The number of hydrogen-bond donors (Lipinski definition) is 2. The predicted molar refractivity (Wildman–Crippen MR) is 68.3 cm³/mol. The molecule has 2 rings (SSSR count). The lowest BCUT2D eigenvalue weighted by Gasteiger charge is -2.01. The third-order valence-corrected chi connectivity index (χ3v) is 3.33.